The van der Waals surface area contributed by atoms with Crippen molar-refractivity contribution < 1.29 is 4.79 Å². The Kier molecular flexibility index (Phi) is 2.59. The normalized spacial score (nSPS) is 31.4. The molecule has 1 N–H and O–H groups in total. The van der Waals surface area contributed by atoms with Crippen LogP contribution in [0, 0.1) is 0 Å². The Balaban J connectivity index is 2.07. The number of rotatable bonds is 1. The van der Waals surface area contributed by atoms with E-state index in [1.54, 1.807) is 6.92 Å². The second-order valence-electron chi connectivity index (χ2n) is 4.34. The zero-order valence-electron chi connectivity index (χ0n) is 8.75. The van der Waals surface area contributed by atoms with Gasteiger partial charge in [-0.2, -0.15) is 0 Å². The Bertz CT molecular complexity index is 262. The highest BCUT2D eigenvalue weighted by atomic mass is 16.2. The van der Waals surface area contributed by atoms with Gasteiger partial charge >= 0.3 is 0 Å². The molecule has 2 atom stereocenters. The highest BCUT2D eigenvalue weighted by molar-refractivity contribution is 5.92. The second kappa shape index (κ2) is 3.73. The van der Waals surface area contributed by atoms with E-state index in [-0.39, 0.29) is 5.91 Å². The lowest BCUT2D eigenvalue weighted by molar-refractivity contribution is -0.128. The summed E-state index contributed by atoms with van der Waals surface area (Å²) in [6.07, 6.45) is 3.43. The third-order valence-corrected chi connectivity index (χ3v) is 3.25. The van der Waals surface area contributed by atoms with Crippen LogP contribution in [-0.4, -0.2) is 36.0 Å². The van der Waals surface area contributed by atoms with Gasteiger partial charge in [0.15, 0.2) is 0 Å². The van der Waals surface area contributed by atoms with E-state index in [0.717, 1.165) is 25.9 Å². The van der Waals surface area contributed by atoms with Gasteiger partial charge in [0.25, 0.3) is 0 Å². The van der Waals surface area contributed by atoms with E-state index < -0.39 is 0 Å². The second-order valence-corrected chi connectivity index (χ2v) is 4.34. The standard InChI is InChI=1S/C11H18N2O/c1-8(2)11(14)13-7-5-9-10(13)4-3-6-12-9/h9-10,12H,1,3-7H2,2H3. The first-order valence-electron chi connectivity index (χ1n) is 5.40. The molecule has 3 nitrogen and oxygen atoms in total. The van der Waals surface area contributed by atoms with Gasteiger partial charge in [0.05, 0.1) is 0 Å². The van der Waals surface area contributed by atoms with E-state index in [9.17, 15) is 4.79 Å². The molecule has 78 valence electrons. The van der Waals surface area contributed by atoms with Crippen molar-refractivity contribution in [3.8, 4) is 0 Å². The minimum absolute atomic E-state index is 0.140. The molecule has 2 rings (SSSR count). The Morgan fingerprint density at radius 1 is 1.50 bits per heavy atom. The van der Waals surface area contributed by atoms with Crippen molar-refractivity contribution in [2.75, 3.05) is 13.1 Å². The number of piperidine rings is 1. The summed E-state index contributed by atoms with van der Waals surface area (Å²) in [5.74, 6) is 0.140. The first kappa shape index (κ1) is 9.71. The molecule has 2 heterocycles. The number of fused-ring (bicyclic) bond motifs is 1. The van der Waals surface area contributed by atoms with E-state index in [4.69, 9.17) is 0 Å². The van der Waals surface area contributed by atoms with Gasteiger partial charge in [-0.05, 0) is 32.7 Å². The lowest BCUT2D eigenvalue weighted by Gasteiger charge is -2.32. The zero-order chi connectivity index (χ0) is 10.1. The highest BCUT2D eigenvalue weighted by Crippen LogP contribution is 2.26. The molecule has 2 unspecified atom stereocenters. The first-order valence-corrected chi connectivity index (χ1v) is 5.40. The maximum atomic E-state index is 11.8. The van der Waals surface area contributed by atoms with Crippen molar-refractivity contribution in [3.05, 3.63) is 12.2 Å². The minimum Gasteiger partial charge on any atom is -0.334 e. The summed E-state index contributed by atoms with van der Waals surface area (Å²) in [6, 6.07) is 0.958. The maximum absolute atomic E-state index is 11.8. The summed E-state index contributed by atoms with van der Waals surface area (Å²) in [5.41, 5.74) is 0.663. The largest absolute Gasteiger partial charge is 0.334 e. The lowest BCUT2D eigenvalue weighted by atomic mass is 9.99. The third kappa shape index (κ3) is 1.57. The SMILES string of the molecule is C=C(C)C(=O)N1CCC2NCCCC21. The van der Waals surface area contributed by atoms with Crippen LogP contribution in [0.3, 0.4) is 0 Å². The van der Waals surface area contributed by atoms with E-state index in [1.165, 1.54) is 6.42 Å². The van der Waals surface area contributed by atoms with Crippen LogP contribution < -0.4 is 5.32 Å². The van der Waals surface area contributed by atoms with Crippen molar-refractivity contribution in [1.29, 1.82) is 0 Å². The Morgan fingerprint density at radius 2 is 2.29 bits per heavy atom. The first-order chi connectivity index (χ1) is 6.70. The van der Waals surface area contributed by atoms with E-state index in [2.05, 4.69) is 11.9 Å². The van der Waals surface area contributed by atoms with Crippen LogP contribution in [0.4, 0.5) is 0 Å². The number of carbonyl (C=O) groups is 1. The predicted octanol–water partition coefficient (Wildman–Crippen LogP) is 0.915. The van der Waals surface area contributed by atoms with Gasteiger partial charge in [0.2, 0.25) is 5.91 Å². The summed E-state index contributed by atoms with van der Waals surface area (Å²) < 4.78 is 0. The fourth-order valence-corrected chi connectivity index (χ4v) is 2.54. The minimum atomic E-state index is 0.140. The fourth-order valence-electron chi connectivity index (χ4n) is 2.54. The fraction of sp³-hybridized carbons (Fsp3) is 0.727. The van der Waals surface area contributed by atoms with Gasteiger partial charge in [-0.1, -0.05) is 6.58 Å². The van der Waals surface area contributed by atoms with E-state index in [1.807, 2.05) is 4.90 Å². The van der Waals surface area contributed by atoms with Crippen LogP contribution in [0.2, 0.25) is 0 Å². The molecule has 2 aliphatic heterocycles. The Hall–Kier alpha value is -0.830. The quantitative estimate of drug-likeness (QED) is 0.629. The van der Waals surface area contributed by atoms with Crippen LogP contribution in [0.1, 0.15) is 26.2 Å². The van der Waals surface area contributed by atoms with Gasteiger partial charge in [-0.3, -0.25) is 4.79 Å². The number of nitrogens with zero attached hydrogens (tertiary/aromatic N) is 1. The van der Waals surface area contributed by atoms with Gasteiger partial charge in [-0.25, -0.2) is 0 Å². The Morgan fingerprint density at radius 3 is 3.00 bits per heavy atom. The van der Waals surface area contributed by atoms with Crippen LogP contribution in [0.25, 0.3) is 0 Å². The van der Waals surface area contributed by atoms with Gasteiger partial charge in [-0.15, -0.1) is 0 Å². The molecule has 0 spiro atoms. The topological polar surface area (TPSA) is 32.3 Å². The monoisotopic (exact) mass is 194 g/mol. The third-order valence-electron chi connectivity index (χ3n) is 3.25. The van der Waals surface area contributed by atoms with Crippen molar-refractivity contribution >= 4 is 5.91 Å². The zero-order valence-corrected chi connectivity index (χ0v) is 8.75. The van der Waals surface area contributed by atoms with Gasteiger partial charge in [0, 0.05) is 24.2 Å². The lowest BCUT2D eigenvalue weighted by Crippen LogP contribution is -2.48. The van der Waals surface area contributed by atoms with Crippen molar-refractivity contribution in [2.24, 2.45) is 0 Å². The summed E-state index contributed by atoms with van der Waals surface area (Å²) in [5, 5.41) is 3.48. The van der Waals surface area contributed by atoms with Crippen LogP contribution in [0.15, 0.2) is 12.2 Å². The average Bonchev–Trinajstić information content (AvgIpc) is 2.60. The number of likely N-dealkylation sites (tertiary alicyclic amines) is 1. The van der Waals surface area contributed by atoms with Gasteiger partial charge in [0.1, 0.15) is 0 Å². The number of hydrogen-bond donors (Lipinski definition) is 1. The van der Waals surface area contributed by atoms with Crippen molar-refractivity contribution in [1.82, 2.24) is 10.2 Å². The number of hydrogen-bond acceptors (Lipinski definition) is 2. The molecular weight excluding hydrogens is 176 g/mol. The molecule has 14 heavy (non-hydrogen) atoms. The summed E-state index contributed by atoms with van der Waals surface area (Å²) >= 11 is 0. The molecular formula is C11H18N2O. The molecule has 2 aliphatic rings. The molecule has 0 radical (unpaired) electrons. The summed E-state index contributed by atoms with van der Waals surface area (Å²) in [7, 11) is 0. The average molecular weight is 194 g/mol. The molecule has 3 heteroatoms. The number of amides is 1. The van der Waals surface area contributed by atoms with Crippen molar-refractivity contribution in [3.63, 3.8) is 0 Å². The van der Waals surface area contributed by atoms with E-state index in [0.29, 0.717) is 17.7 Å². The maximum Gasteiger partial charge on any atom is 0.249 e. The molecule has 2 saturated heterocycles. The van der Waals surface area contributed by atoms with Gasteiger partial charge < -0.3 is 10.2 Å². The van der Waals surface area contributed by atoms with Crippen molar-refractivity contribution in [2.45, 2.75) is 38.3 Å². The summed E-state index contributed by atoms with van der Waals surface area (Å²) in [6.45, 7) is 7.53. The smallest absolute Gasteiger partial charge is 0.249 e. The molecule has 0 bridgehead atoms. The molecule has 0 aromatic carbocycles. The Labute approximate surface area is 85.2 Å². The molecule has 0 aromatic rings. The molecule has 0 aromatic heterocycles. The van der Waals surface area contributed by atoms with Crippen LogP contribution in [0.5, 0.6) is 0 Å². The number of nitrogens with one attached hydrogen (secondary N) is 1. The predicted molar refractivity (Wildman–Crippen MR) is 56.0 cm³/mol. The summed E-state index contributed by atoms with van der Waals surface area (Å²) in [4.78, 5) is 13.8. The van der Waals surface area contributed by atoms with Crippen LogP contribution >= 0.6 is 0 Å². The molecule has 0 saturated carbocycles. The van der Waals surface area contributed by atoms with Crippen LogP contribution in [-0.2, 0) is 4.79 Å². The highest BCUT2D eigenvalue weighted by Gasteiger charge is 2.37. The molecule has 2 fully saturated rings. The van der Waals surface area contributed by atoms with E-state index >= 15 is 0 Å². The number of carbonyl (C=O) groups excluding carboxylic acids is 1. The molecule has 0 aliphatic carbocycles. The molecule has 1 amide bonds.